The molecule has 0 saturated carbocycles. The predicted molar refractivity (Wildman–Crippen MR) is 66.0 cm³/mol. The zero-order valence-electron chi connectivity index (χ0n) is 9.42. The van der Waals surface area contributed by atoms with Gasteiger partial charge in [0.2, 0.25) is 0 Å². The van der Waals surface area contributed by atoms with E-state index in [1.54, 1.807) is 11.6 Å². The molecule has 0 bridgehead atoms. The minimum Gasteiger partial charge on any atom is -0.497 e. The summed E-state index contributed by atoms with van der Waals surface area (Å²) in [6, 6.07) is 17.1. The molecule has 0 saturated heterocycles. The van der Waals surface area contributed by atoms with Gasteiger partial charge in [-0.1, -0.05) is 30.3 Å². The average Bonchev–Trinajstić information content (AvgIpc) is 2.82. The molecule has 17 heavy (non-hydrogen) atoms. The first-order chi connectivity index (χ1) is 8.36. The van der Waals surface area contributed by atoms with E-state index < -0.39 is 0 Å². The fourth-order valence-corrected chi connectivity index (χ4v) is 1.76. The van der Waals surface area contributed by atoms with E-state index in [9.17, 15) is 0 Å². The van der Waals surface area contributed by atoms with Gasteiger partial charge in [-0.25, -0.2) is 4.52 Å². The molecular formula is C14H11N2O. The summed E-state index contributed by atoms with van der Waals surface area (Å²) >= 11 is 0. The van der Waals surface area contributed by atoms with Crippen molar-refractivity contribution in [2.45, 2.75) is 0 Å². The number of methoxy groups -OCH3 is 1. The number of fused-ring (bicyclic) bond motifs is 1. The molecule has 3 heteroatoms. The summed E-state index contributed by atoms with van der Waals surface area (Å²) in [7, 11) is 1.65. The normalized spacial score (nSPS) is 10.6. The van der Waals surface area contributed by atoms with Crippen molar-refractivity contribution >= 4 is 5.52 Å². The van der Waals surface area contributed by atoms with E-state index in [-0.39, 0.29) is 0 Å². The van der Waals surface area contributed by atoms with Gasteiger partial charge < -0.3 is 4.74 Å². The largest absolute Gasteiger partial charge is 0.497 e. The van der Waals surface area contributed by atoms with Crippen molar-refractivity contribution in [3.8, 4) is 17.0 Å². The number of nitrogens with zero attached hydrogens (tertiary/aromatic N) is 2. The Balaban J connectivity index is 2.14. The van der Waals surface area contributed by atoms with Crippen LogP contribution in [-0.2, 0) is 0 Å². The Morgan fingerprint density at radius 2 is 2.00 bits per heavy atom. The molecule has 0 aliphatic heterocycles. The maximum atomic E-state index is 5.18. The summed E-state index contributed by atoms with van der Waals surface area (Å²) in [6.45, 7) is 0. The molecule has 2 aromatic heterocycles. The summed E-state index contributed by atoms with van der Waals surface area (Å²) in [5, 5.41) is 4.46. The first kappa shape index (κ1) is 9.90. The van der Waals surface area contributed by atoms with Crippen LogP contribution in [0.3, 0.4) is 0 Å². The van der Waals surface area contributed by atoms with Crippen LogP contribution in [0.5, 0.6) is 5.75 Å². The molecule has 0 N–H and O–H groups in total. The lowest BCUT2D eigenvalue weighted by molar-refractivity contribution is 0.414. The van der Waals surface area contributed by atoms with E-state index in [0.717, 1.165) is 22.5 Å². The zero-order chi connectivity index (χ0) is 11.7. The Hall–Kier alpha value is -2.29. The van der Waals surface area contributed by atoms with Crippen LogP contribution in [0, 0.1) is 6.07 Å². The molecule has 3 aromatic rings. The number of pyridine rings is 1. The van der Waals surface area contributed by atoms with Crippen molar-refractivity contribution in [1.29, 1.82) is 0 Å². The second kappa shape index (κ2) is 3.94. The molecular weight excluding hydrogens is 212 g/mol. The topological polar surface area (TPSA) is 26.5 Å². The van der Waals surface area contributed by atoms with Gasteiger partial charge in [-0.15, -0.1) is 0 Å². The number of aromatic nitrogens is 2. The highest BCUT2D eigenvalue weighted by atomic mass is 16.5. The lowest BCUT2D eigenvalue weighted by atomic mass is 10.1. The van der Waals surface area contributed by atoms with Crippen molar-refractivity contribution in [2.75, 3.05) is 7.11 Å². The van der Waals surface area contributed by atoms with Crippen molar-refractivity contribution in [2.24, 2.45) is 0 Å². The highest BCUT2D eigenvalue weighted by Gasteiger charge is 2.05. The quantitative estimate of drug-likeness (QED) is 0.667. The second-order valence-electron chi connectivity index (χ2n) is 3.74. The SMILES string of the molecule is COc1ccn2nc(-c3ccccc3)[c]c2c1. The van der Waals surface area contributed by atoms with Crippen molar-refractivity contribution in [3.63, 3.8) is 0 Å². The fraction of sp³-hybridized carbons (Fsp3) is 0.0714. The minimum absolute atomic E-state index is 0.813. The molecule has 0 fully saturated rings. The number of ether oxygens (including phenoxy) is 1. The van der Waals surface area contributed by atoms with E-state index in [1.165, 1.54) is 0 Å². The monoisotopic (exact) mass is 223 g/mol. The third-order valence-corrected chi connectivity index (χ3v) is 2.64. The molecule has 0 atom stereocenters. The summed E-state index contributed by atoms with van der Waals surface area (Å²) in [5.74, 6) is 0.813. The summed E-state index contributed by atoms with van der Waals surface area (Å²) in [6.07, 6.45) is 1.87. The van der Waals surface area contributed by atoms with E-state index in [0.29, 0.717) is 0 Å². The summed E-state index contributed by atoms with van der Waals surface area (Å²) in [5.41, 5.74) is 2.82. The maximum absolute atomic E-state index is 5.18. The Kier molecular flexibility index (Phi) is 2.29. The number of hydrogen-bond donors (Lipinski definition) is 0. The number of rotatable bonds is 2. The van der Waals surface area contributed by atoms with Crippen molar-refractivity contribution in [1.82, 2.24) is 9.61 Å². The van der Waals surface area contributed by atoms with Crippen LogP contribution in [0.1, 0.15) is 0 Å². The molecule has 0 spiro atoms. The predicted octanol–water partition coefficient (Wildman–Crippen LogP) is 2.81. The Bertz CT molecular complexity index is 644. The summed E-state index contributed by atoms with van der Waals surface area (Å²) < 4.78 is 6.97. The van der Waals surface area contributed by atoms with Gasteiger partial charge in [0, 0.05) is 23.9 Å². The van der Waals surface area contributed by atoms with Crippen molar-refractivity contribution < 1.29 is 4.74 Å². The van der Waals surface area contributed by atoms with Crippen molar-refractivity contribution in [3.05, 3.63) is 54.7 Å². The third-order valence-electron chi connectivity index (χ3n) is 2.64. The highest BCUT2D eigenvalue weighted by molar-refractivity contribution is 5.65. The van der Waals surface area contributed by atoms with Gasteiger partial charge >= 0.3 is 0 Å². The molecule has 0 aliphatic carbocycles. The molecule has 0 aliphatic rings. The minimum atomic E-state index is 0.813. The van der Waals surface area contributed by atoms with Gasteiger partial charge in [-0.05, 0) is 6.07 Å². The molecule has 0 amide bonds. The second-order valence-corrected chi connectivity index (χ2v) is 3.74. The van der Waals surface area contributed by atoms with Crippen LogP contribution in [0.4, 0.5) is 0 Å². The zero-order valence-corrected chi connectivity index (χ0v) is 9.42. The molecule has 1 aromatic carbocycles. The van der Waals surface area contributed by atoms with E-state index in [4.69, 9.17) is 4.74 Å². The summed E-state index contributed by atoms with van der Waals surface area (Å²) in [4.78, 5) is 0. The van der Waals surface area contributed by atoms with Gasteiger partial charge in [-0.2, -0.15) is 5.10 Å². The van der Waals surface area contributed by atoms with Gasteiger partial charge in [-0.3, -0.25) is 0 Å². The maximum Gasteiger partial charge on any atom is 0.122 e. The average molecular weight is 223 g/mol. The number of benzene rings is 1. The van der Waals surface area contributed by atoms with Gasteiger partial charge in [0.1, 0.15) is 11.4 Å². The Labute approximate surface area is 99.3 Å². The smallest absolute Gasteiger partial charge is 0.122 e. The molecule has 0 unspecified atom stereocenters. The van der Waals surface area contributed by atoms with E-state index in [2.05, 4.69) is 11.2 Å². The van der Waals surface area contributed by atoms with Crippen LogP contribution >= 0.6 is 0 Å². The van der Waals surface area contributed by atoms with Crippen LogP contribution in [0.25, 0.3) is 16.8 Å². The first-order valence-corrected chi connectivity index (χ1v) is 5.38. The highest BCUT2D eigenvalue weighted by Crippen LogP contribution is 2.20. The molecule has 2 heterocycles. The first-order valence-electron chi connectivity index (χ1n) is 5.38. The van der Waals surface area contributed by atoms with Gasteiger partial charge in [0.15, 0.2) is 0 Å². The van der Waals surface area contributed by atoms with E-state index >= 15 is 0 Å². The van der Waals surface area contributed by atoms with Crippen LogP contribution in [0.15, 0.2) is 48.7 Å². The third kappa shape index (κ3) is 1.76. The Morgan fingerprint density at radius 1 is 1.18 bits per heavy atom. The van der Waals surface area contributed by atoms with E-state index in [1.807, 2.05) is 48.7 Å². The van der Waals surface area contributed by atoms with Crippen LogP contribution in [0.2, 0.25) is 0 Å². The fourth-order valence-electron chi connectivity index (χ4n) is 1.76. The molecule has 1 radical (unpaired) electrons. The Morgan fingerprint density at radius 3 is 2.76 bits per heavy atom. The van der Waals surface area contributed by atoms with Gasteiger partial charge in [0.25, 0.3) is 0 Å². The van der Waals surface area contributed by atoms with Crippen LogP contribution in [-0.4, -0.2) is 16.7 Å². The molecule has 3 rings (SSSR count). The van der Waals surface area contributed by atoms with Crippen LogP contribution < -0.4 is 4.74 Å². The standard InChI is InChI=1S/C14H11N2O/c1-17-13-7-8-16-12(9-13)10-14(15-16)11-5-3-2-4-6-11/h2-9H,1H3. The molecule has 83 valence electrons. The molecule has 3 nitrogen and oxygen atoms in total. The lowest BCUT2D eigenvalue weighted by Crippen LogP contribution is -1.88. The van der Waals surface area contributed by atoms with Gasteiger partial charge in [0.05, 0.1) is 12.6 Å². The lowest BCUT2D eigenvalue weighted by Gasteiger charge is -1.98. The number of hydrogen-bond acceptors (Lipinski definition) is 2.